The topological polar surface area (TPSA) is 86.8 Å². The van der Waals surface area contributed by atoms with Crippen LogP contribution in [0.1, 0.15) is 57.6 Å². The molecule has 0 aliphatic rings. The van der Waals surface area contributed by atoms with E-state index in [2.05, 4.69) is 5.32 Å². The SMILES string of the molecule is CC[C@@H](C)NC(=O)[C@H](CC)N(Cc1c(Cl)cccc1Cl)C(=O)CCCN(c1ccccc1C)S(C)(=O)=O. The van der Waals surface area contributed by atoms with E-state index in [0.717, 1.165) is 18.2 Å². The summed E-state index contributed by atoms with van der Waals surface area (Å²) in [5.41, 5.74) is 1.96. The minimum absolute atomic E-state index is 0.0418. The number of nitrogens with one attached hydrogen (secondary N) is 1. The normalized spacial score (nSPS) is 13.1. The third-order valence-corrected chi connectivity index (χ3v) is 8.20. The van der Waals surface area contributed by atoms with Crippen molar-refractivity contribution in [3.05, 3.63) is 63.6 Å². The number of rotatable bonds is 13. The van der Waals surface area contributed by atoms with Gasteiger partial charge in [0.1, 0.15) is 6.04 Å². The molecule has 37 heavy (non-hydrogen) atoms. The van der Waals surface area contributed by atoms with E-state index in [0.29, 0.717) is 27.7 Å². The summed E-state index contributed by atoms with van der Waals surface area (Å²) in [6, 6.07) is 11.6. The van der Waals surface area contributed by atoms with Gasteiger partial charge >= 0.3 is 0 Å². The van der Waals surface area contributed by atoms with E-state index in [4.69, 9.17) is 23.2 Å². The Kier molecular flexibility index (Phi) is 11.7. The largest absolute Gasteiger partial charge is 0.352 e. The monoisotopic (exact) mass is 569 g/mol. The van der Waals surface area contributed by atoms with E-state index in [1.54, 1.807) is 30.3 Å². The molecule has 0 aliphatic carbocycles. The molecule has 2 aromatic carbocycles. The van der Waals surface area contributed by atoms with Gasteiger partial charge in [0.25, 0.3) is 0 Å². The first-order valence-electron chi connectivity index (χ1n) is 12.5. The molecule has 0 fully saturated rings. The first-order chi connectivity index (χ1) is 17.4. The molecule has 0 spiro atoms. The Balaban J connectivity index is 2.29. The van der Waals surface area contributed by atoms with Crippen LogP contribution in [0, 0.1) is 6.92 Å². The second-order valence-corrected chi connectivity index (χ2v) is 11.9. The van der Waals surface area contributed by atoms with Crippen LogP contribution in [0.15, 0.2) is 42.5 Å². The highest BCUT2D eigenvalue weighted by Crippen LogP contribution is 2.28. The molecule has 0 saturated heterocycles. The van der Waals surface area contributed by atoms with E-state index in [1.165, 1.54) is 9.21 Å². The average molecular weight is 571 g/mol. The number of carbonyl (C=O) groups is 2. The van der Waals surface area contributed by atoms with Gasteiger partial charge in [0, 0.05) is 41.2 Å². The number of amides is 2. The van der Waals surface area contributed by atoms with Crippen molar-refractivity contribution in [1.29, 1.82) is 0 Å². The molecule has 0 bridgehead atoms. The van der Waals surface area contributed by atoms with Gasteiger partial charge in [-0.2, -0.15) is 0 Å². The van der Waals surface area contributed by atoms with Gasteiger partial charge in [-0.25, -0.2) is 8.42 Å². The zero-order valence-electron chi connectivity index (χ0n) is 22.1. The number of hydrogen-bond acceptors (Lipinski definition) is 4. The van der Waals surface area contributed by atoms with Crippen molar-refractivity contribution < 1.29 is 18.0 Å². The summed E-state index contributed by atoms with van der Waals surface area (Å²) in [7, 11) is -3.56. The van der Waals surface area contributed by atoms with E-state index in [9.17, 15) is 18.0 Å². The predicted octanol–water partition coefficient (Wildman–Crippen LogP) is 5.57. The molecule has 10 heteroatoms. The Morgan fingerprint density at radius 2 is 1.62 bits per heavy atom. The third-order valence-electron chi connectivity index (χ3n) is 6.31. The van der Waals surface area contributed by atoms with Gasteiger partial charge in [0.15, 0.2) is 0 Å². The molecule has 2 aromatic rings. The number of nitrogens with zero attached hydrogens (tertiary/aromatic N) is 2. The molecular weight excluding hydrogens is 533 g/mol. The predicted molar refractivity (Wildman–Crippen MR) is 152 cm³/mol. The molecular formula is C27H37Cl2N3O4S. The molecule has 2 amide bonds. The van der Waals surface area contributed by atoms with Crippen LogP contribution in [0.2, 0.25) is 10.0 Å². The number of para-hydroxylation sites is 1. The lowest BCUT2D eigenvalue weighted by molar-refractivity contribution is -0.141. The minimum Gasteiger partial charge on any atom is -0.352 e. The van der Waals surface area contributed by atoms with E-state index >= 15 is 0 Å². The second-order valence-electron chi connectivity index (χ2n) is 9.19. The van der Waals surface area contributed by atoms with Crippen LogP contribution in [0.4, 0.5) is 5.69 Å². The van der Waals surface area contributed by atoms with Crippen LogP contribution in [-0.2, 0) is 26.2 Å². The van der Waals surface area contributed by atoms with Crippen molar-refractivity contribution in [2.45, 2.75) is 72.0 Å². The highest BCUT2D eigenvalue weighted by molar-refractivity contribution is 7.92. The van der Waals surface area contributed by atoms with Crippen LogP contribution in [-0.4, -0.2) is 50.0 Å². The number of anilines is 1. The Labute approximate surface area is 231 Å². The quantitative estimate of drug-likeness (QED) is 0.341. The molecule has 2 rings (SSSR count). The van der Waals surface area contributed by atoms with Crippen molar-refractivity contribution in [2.24, 2.45) is 0 Å². The van der Waals surface area contributed by atoms with Crippen molar-refractivity contribution in [1.82, 2.24) is 10.2 Å². The van der Waals surface area contributed by atoms with E-state index < -0.39 is 16.1 Å². The number of carbonyl (C=O) groups excluding carboxylic acids is 2. The summed E-state index contributed by atoms with van der Waals surface area (Å²) in [5, 5.41) is 3.78. The summed E-state index contributed by atoms with van der Waals surface area (Å²) in [6.45, 7) is 7.77. The fourth-order valence-corrected chi connectivity index (χ4v) is 5.58. The first kappa shape index (κ1) is 30.9. The molecule has 0 unspecified atom stereocenters. The Morgan fingerprint density at radius 1 is 1.00 bits per heavy atom. The lowest BCUT2D eigenvalue weighted by Crippen LogP contribution is -2.50. The fourth-order valence-electron chi connectivity index (χ4n) is 4.04. The lowest BCUT2D eigenvalue weighted by atomic mass is 10.1. The maximum atomic E-state index is 13.6. The number of aryl methyl sites for hydroxylation is 1. The maximum Gasteiger partial charge on any atom is 0.243 e. The van der Waals surface area contributed by atoms with E-state index in [-0.39, 0.29) is 43.8 Å². The van der Waals surface area contributed by atoms with Crippen LogP contribution in [0.5, 0.6) is 0 Å². The van der Waals surface area contributed by atoms with Crippen LogP contribution in [0.25, 0.3) is 0 Å². The molecule has 0 saturated carbocycles. The van der Waals surface area contributed by atoms with E-state index in [1.807, 2.05) is 39.8 Å². The molecule has 204 valence electrons. The Morgan fingerprint density at radius 3 is 2.16 bits per heavy atom. The number of sulfonamides is 1. The Hall–Kier alpha value is -2.29. The van der Waals surface area contributed by atoms with Crippen molar-refractivity contribution in [2.75, 3.05) is 17.1 Å². The zero-order chi connectivity index (χ0) is 27.8. The number of hydrogen-bond donors (Lipinski definition) is 1. The highest BCUT2D eigenvalue weighted by Gasteiger charge is 2.30. The summed E-state index contributed by atoms with van der Waals surface area (Å²) >= 11 is 12.8. The number of halogens is 2. The third kappa shape index (κ3) is 8.62. The second kappa shape index (κ2) is 14.0. The van der Waals surface area contributed by atoms with Gasteiger partial charge in [-0.3, -0.25) is 13.9 Å². The smallest absolute Gasteiger partial charge is 0.243 e. The highest BCUT2D eigenvalue weighted by atomic mass is 35.5. The molecule has 0 radical (unpaired) electrons. The van der Waals surface area contributed by atoms with Gasteiger partial charge in [0.05, 0.1) is 11.9 Å². The fraction of sp³-hybridized carbons (Fsp3) is 0.481. The van der Waals surface area contributed by atoms with Gasteiger partial charge in [0.2, 0.25) is 21.8 Å². The minimum atomic E-state index is -3.56. The summed E-state index contributed by atoms with van der Waals surface area (Å²) in [4.78, 5) is 28.2. The average Bonchev–Trinajstić information content (AvgIpc) is 2.83. The first-order valence-corrected chi connectivity index (χ1v) is 15.1. The van der Waals surface area contributed by atoms with Crippen LogP contribution in [0.3, 0.4) is 0 Å². The van der Waals surface area contributed by atoms with Gasteiger partial charge in [-0.1, -0.05) is 61.3 Å². The summed E-state index contributed by atoms with van der Waals surface area (Å²) < 4.78 is 26.4. The molecule has 0 aromatic heterocycles. The summed E-state index contributed by atoms with van der Waals surface area (Å²) in [6.07, 6.45) is 2.63. The van der Waals surface area contributed by atoms with Gasteiger partial charge < -0.3 is 10.2 Å². The molecule has 7 nitrogen and oxygen atoms in total. The van der Waals surface area contributed by atoms with Crippen molar-refractivity contribution in [3.8, 4) is 0 Å². The van der Waals surface area contributed by atoms with Crippen LogP contribution >= 0.6 is 23.2 Å². The van der Waals surface area contributed by atoms with Gasteiger partial charge in [-0.15, -0.1) is 0 Å². The molecule has 0 heterocycles. The zero-order valence-corrected chi connectivity index (χ0v) is 24.5. The standard InChI is InChI=1S/C27H37Cl2N3O4S/c1-6-20(4)30-27(34)24(7-2)31(18-21-22(28)13-10-14-23(21)29)26(33)16-11-17-32(37(5,35)36)25-15-9-8-12-19(25)3/h8-10,12-15,20,24H,6-7,11,16-18H2,1-5H3,(H,30,34)/t20-,24+/m1/s1. The molecule has 2 atom stereocenters. The molecule has 1 N–H and O–H groups in total. The van der Waals surface area contributed by atoms with Crippen molar-refractivity contribution in [3.63, 3.8) is 0 Å². The van der Waals surface area contributed by atoms with Gasteiger partial charge in [-0.05, 0) is 56.9 Å². The molecule has 0 aliphatic heterocycles. The van der Waals surface area contributed by atoms with Crippen LogP contribution < -0.4 is 9.62 Å². The number of benzene rings is 2. The lowest BCUT2D eigenvalue weighted by Gasteiger charge is -2.32. The summed E-state index contributed by atoms with van der Waals surface area (Å²) in [5.74, 6) is -0.522. The maximum absolute atomic E-state index is 13.6. The Bertz CT molecular complexity index is 1170. The van der Waals surface area contributed by atoms with Crippen molar-refractivity contribution >= 4 is 50.7 Å².